The number of pyridine rings is 1. The minimum absolute atomic E-state index is 0.171. The molecule has 23 heavy (non-hydrogen) atoms. The minimum atomic E-state index is -0.855. The second kappa shape index (κ2) is 7.42. The van der Waals surface area contributed by atoms with Gasteiger partial charge in [-0.1, -0.05) is 13.8 Å². The zero-order valence-electron chi connectivity index (χ0n) is 14.2. The number of carbonyl (C=O) groups is 1. The summed E-state index contributed by atoms with van der Waals surface area (Å²) in [7, 11) is 1.55. The maximum atomic E-state index is 12.5. The molecule has 1 aromatic heterocycles. The van der Waals surface area contributed by atoms with Crippen molar-refractivity contribution >= 4 is 22.5 Å². The van der Waals surface area contributed by atoms with Gasteiger partial charge in [0.15, 0.2) is 0 Å². The van der Waals surface area contributed by atoms with Crippen LogP contribution in [0.1, 0.15) is 33.6 Å². The lowest BCUT2D eigenvalue weighted by Crippen LogP contribution is -2.41. The lowest BCUT2D eigenvalue weighted by atomic mass is 10.0. The molecule has 1 aromatic carbocycles. The summed E-state index contributed by atoms with van der Waals surface area (Å²) in [5, 5.41) is 3.80. The van der Waals surface area contributed by atoms with E-state index in [-0.39, 0.29) is 5.91 Å². The summed E-state index contributed by atoms with van der Waals surface area (Å²) in [4.78, 5) is 16.9. The molecule has 2 rings (SSSR count). The largest absolute Gasteiger partial charge is 0.491 e. The molecule has 0 bridgehead atoms. The molecule has 0 aliphatic rings. The van der Waals surface area contributed by atoms with Crippen molar-refractivity contribution in [1.29, 1.82) is 0 Å². The van der Waals surface area contributed by atoms with E-state index in [4.69, 9.17) is 9.47 Å². The number of benzene rings is 1. The summed E-state index contributed by atoms with van der Waals surface area (Å²) in [6, 6.07) is 7.46. The van der Waals surface area contributed by atoms with Crippen LogP contribution in [0.15, 0.2) is 30.5 Å². The van der Waals surface area contributed by atoms with Gasteiger partial charge in [0.25, 0.3) is 5.91 Å². The topological polar surface area (TPSA) is 60.5 Å². The highest BCUT2D eigenvalue weighted by Crippen LogP contribution is 2.31. The van der Waals surface area contributed by atoms with E-state index in [0.717, 1.165) is 23.1 Å². The van der Waals surface area contributed by atoms with Crippen LogP contribution in [0, 0.1) is 0 Å². The molecule has 1 amide bonds. The Morgan fingerprint density at radius 2 is 2.09 bits per heavy atom. The molecule has 1 atom stereocenters. The predicted octanol–water partition coefficient (Wildman–Crippen LogP) is 3.78. The van der Waals surface area contributed by atoms with Crippen molar-refractivity contribution in [3.05, 3.63) is 30.5 Å². The molecule has 0 aliphatic carbocycles. The highest BCUT2D eigenvalue weighted by molar-refractivity contribution is 6.05. The number of hydrogen-bond acceptors (Lipinski definition) is 4. The highest BCUT2D eigenvalue weighted by Gasteiger charge is 2.31. The fourth-order valence-electron chi connectivity index (χ4n) is 2.24. The summed E-state index contributed by atoms with van der Waals surface area (Å²) in [5.74, 6) is 0.556. The summed E-state index contributed by atoms with van der Waals surface area (Å²) < 4.78 is 11.1. The fraction of sp³-hybridized carbons (Fsp3) is 0.444. The molecular weight excluding hydrogens is 292 g/mol. The lowest BCUT2D eigenvalue weighted by molar-refractivity contribution is -0.136. The molecule has 1 heterocycles. The third-order valence-corrected chi connectivity index (χ3v) is 4.05. The summed E-state index contributed by atoms with van der Waals surface area (Å²) in [6.45, 7) is 6.39. The molecular formula is C18H24N2O3. The maximum absolute atomic E-state index is 12.5. The average molecular weight is 316 g/mol. The van der Waals surface area contributed by atoms with E-state index < -0.39 is 5.60 Å². The lowest BCUT2D eigenvalue weighted by Gasteiger charge is -2.25. The molecule has 2 aromatic rings. The number of anilines is 1. The summed E-state index contributed by atoms with van der Waals surface area (Å²) in [6.07, 6.45) is 3.23. The number of amides is 1. The van der Waals surface area contributed by atoms with E-state index in [9.17, 15) is 4.79 Å². The van der Waals surface area contributed by atoms with Gasteiger partial charge < -0.3 is 14.8 Å². The maximum Gasteiger partial charge on any atom is 0.256 e. The zero-order valence-corrected chi connectivity index (χ0v) is 14.2. The first-order valence-electron chi connectivity index (χ1n) is 7.92. The molecule has 5 nitrogen and oxygen atoms in total. The van der Waals surface area contributed by atoms with Crippen molar-refractivity contribution in [2.75, 3.05) is 19.0 Å². The number of hydrogen-bond donors (Lipinski definition) is 1. The van der Waals surface area contributed by atoms with Crippen LogP contribution >= 0.6 is 0 Å². The van der Waals surface area contributed by atoms with E-state index >= 15 is 0 Å². The van der Waals surface area contributed by atoms with Crippen molar-refractivity contribution in [2.24, 2.45) is 0 Å². The highest BCUT2D eigenvalue weighted by atomic mass is 16.5. The quantitative estimate of drug-likeness (QED) is 0.844. The van der Waals surface area contributed by atoms with Crippen molar-refractivity contribution in [3.63, 3.8) is 0 Å². The van der Waals surface area contributed by atoms with Crippen LogP contribution in [0.2, 0.25) is 0 Å². The molecule has 0 saturated carbocycles. The van der Waals surface area contributed by atoms with Gasteiger partial charge in [0.2, 0.25) is 0 Å². The number of aromatic nitrogens is 1. The second-order valence-electron chi connectivity index (χ2n) is 5.60. The van der Waals surface area contributed by atoms with Crippen molar-refractivity contribution in [3.8, 4) is 5.75 Å². The Morgan fingerprint density at radius 1 is 1.30 bits per heavy atom. The van der Waals surface area contributed by atoms with E-state index in [1.807, 2.05) is 31.2 Å². The van der Waals surface area contributed by atoms with Gasteiger partial charge in [-0.05, 0) is 44.0 Å². The van der Waals surface area contributed by atoms with Gasteiger partial charge in [-0.2, -0.15) is 0 Å². The van der Waals surface area contributed by atoms with Crippen LogP contribution in [-0.4, -0.2) is 30.2 Å². The molecule has 0 saturated heterocycles. The van der Waals surface area contributed by atoms with Crippen molar-refractivity contribution in [2.45, 2.75) is 39.2 Å². The van der Waals surface area contributed by atoms with Crippen LogP contribution in [0.3, 0.4) is 0 Å². The standard InChI is InChI=1S/C18H24N2O3/c1-5-12-23-15-10-9-14(13-8-7-11-19-16(13)15)20-17(21)18(3,6-2)22-4/h7-11H,5-6,12H2,1-4H3,(H,20,21)/t18-/m1/s1. The Labute approximate surface area is 137 Å². The average Bonchev–Trinajstić information content (AvgIpc) is 2.60. The van der Waals surface area contributed by atoms with E-state index in [0.29, 0.717) is 18.7 Å². The Morgan fingerprint density at radius 3 is 2.74 bits per heavy atom. The van der Waals surface area contributed by atoms with Crippen LogP contribution in [0.25, 0.3) is 10.9 Å². The third-order valence-electron chi connectivity index (χ3n) is 4.05. The first-order chi connectivity index (χ1) is 11.1. The SMILES string of the molecule is CCCOc1ccc(NC(=O)[C@@](C)(CC)OC)c2cccnc12. The van der Waals surface area contributed by atoms with Crippen LogP contribution in [0.4, 0.5) is 5.69 Å². The van der Waals surface area contributed by atoms with Gasteiger partial charge in [-0.3, -0.25) is 9.78 Å². The first kappa shape index (κ1) is 17.2. The van der Waals surface area contributed by atoms with Gasteiger partial charge in [0, 0.05) is 18.7 Å². The summed E-state index contributed by atoms with van der Waals surface area (Å²) in [5.41, 5.74) is 0.597. The molecule has 0 aliphatic heterocycles. The Balaban J connectivity index is 2.37. The van der Waals surface area contributed by atoms with Gasteiger partial charge in [0.05, 0.1) is 12.3 Å². The molecule has 0 spiro atoms. The van der Waals surface area contributed by atoms with E-state index in [2.05, 4.69) is 17.2 Å². The van der Waals surface area contributed by atoms with Crippen LogP contribution in [0.5, 0.6) is 5.75 Å². The second-order valence-corrected chi connectivity index (χ2v) is 5.60. The van der Waals surface area contributed by atoms with Crippen LogP contribution in [-0.2, 0) is 9.53 Å². The first-order valence-corrected chi connectivity index (χ1v) is 7.92. The van der Waals surface area contributed by atoms with Crippen molar-refractivity contribution in [1.82, 2.24) is 4.98 Å². The fourth-order valence-corrected chi connectivity index (χ4v) is 2.24. The molecule has 0 radical (unpaired) electrons. The predicted molar refractivity (Wildman–Crippen MR) is 91.9 cm³/mol. The van der Waals surface area contributed by atoms with E-state index in [1.54, 1.807) is 20.2 Å². The molecule has 1 N–H and O–H groups in total. The number of nitrogens with zero attached hydrogens (tertiary/aromatic N) is 1. The van der Waals surface area contributed by atoms with Crippen LogP contribution < -0.4 is 10.1 Å². The normalized spacial score (nSPS) is 13.6. The number of ether oxygens (including phenoxy) is 2. The Bertz CT molecular complexity index is 681. The number of fused-ring (bicyclic) bond motifs is 1. The number of rotatable bonds is 7. The third kappa shape index (κ3) is 3.62. The molecule has 5 heteroatoms. The molecule has 0 unspecified atom stereocenters. The number of carbonyl (C=O) groups excluding carboxylic acids is 1. The summed E-state index contributed by atoms with van der Waals surface area (Å²) >= 11 is 0. The van der Waals surface area contributed by atoms with Gasteiger partial charge >= 0.3 is 0 Å². The van der Waals surface area contributed by atoms with E-state index in [1.165, 1.54) is 0 Å². The monoisotopic (exact) mass is 316 g/mol. The van der Waals surface area contributed by atoms with Crippen molar-refractivity contribution < 1.29 is 14.3 Å². The van der Waals surface area contributed by atoms with Gasteiger partial charge in [0.1, 0.15) is 16.9 Å². The number of nitrogens with one attached hydrogen (secondary N) is 1. The van der Waals surface area contributed by atoms with Gasteiger partial charge in [-0.25, -0.2) is 0 Å². The van der Waals surface area contributed by atoms with Gasteiger partial charge in [-0.15, -0.1) is 0 Å². The Kier molecular flexibility index (Phi) is 5.55. The molecule has 124 valence electrons. The zero-order chi connectivity index (χ0) is 16.9. The molecule has 0 fully saturated rings. The minimum Gasteiger partial charge on any atom is -0.491 e. The number of methoxy groups -OCH3 is 1. The smallest absolute Gasteiger partial charge is 0.256 e. The Hall–Kier alpha value is -2.14.